The average molecular weight is 251 g/mol. The number of hydrogen-bond acceptors (Lipinski definition) is 2. The number of rotatable bonds is 3. The molecule has 0 saturated carbocycles. The van der Waals surface area contributed by atoms with Crippen molar-refractivity contribution in [3.8, 4) is 0 Å². The Morgan fingerprint density at radius 1 is 1.41 bits per heavy atom. The second-order valence-corrected chi connectivity index (χ2v) is 3.28. The zero-order valence-electron chi connectivity index (χ0n) is 8.77. The molecule has 0 aliphatic heterocycles. The highest BCUT2D eigenvalue weighted by Crippen LogP contribution is 2.33. The van der Waals surface area contributed by atoms with Crippen LogP contribution in [-0.2, 0) is 17.5 Å². The highest BCUT2D eigenvalue weighted by atomic mass is 19.4. The van der Waals surface area contributed by atoms with E-state index in [0.717, 1.165) is 6.07 Å². The van der Waals surface area contributed by atoms with Crippen LogP contribution in [0.3, 0.4) is 0 Å². The maximum absolute atomic E-state index is 13.2. The monoisotopic (exact) mass is 251 g/mol. The van der Waals surface area contributed by atoms with E-state index >= 15 is 0 Å². The summed E-state index contributed by atoms with van der Waals surface area (Å²) in [5, 5.41) is 0. The second-order valence-electron chi connectivity index (χ2n) is 3.28. The summed E-state index contributed by atoms with van der Waals surface area (Å²) in [5.74, 6) is -2.43. The van der Waals surface area contributed by atoms with E-state index in [1.54, 1.807) is 0 Å². The van der Waals surface area contributed by atoms with Crippen LogP contribution < -0.4 is 5.73 Å². The summed E-state index contributed by atoms with van der Waals surface area (Å²) >= 11 is 0. The van der Waals surface area contributed by atoms with Gasteiger partial charge in [-0.3, -0.25) is 4.79 Å². The lowest BCUT2D eigenvalue weighted by atomic mass is 10.0. The normalized spacial score (nSPS) is 11.6. The molecule has 0 aliphatic carbocycles. The molecule has 0 saturated heterocycles. The number of halogens is 4. The molecular weight excluding hydrogens is 242 g/mol. The zero-order valence-corrected chi connectivity index (χ0v) is 8.77. The van der Waals surface area contributed by atoms with E-state index in [-0.39, 0.29) is 11.6 Å². The number of carbonyl (C=O) groups excluding carboxylic acids is 1. The van der Waals surface area contributed by atoms with E-state index in [2.05, 4.69) is 4.74 Å². The number of primary amides is 1. The quantitative estimate of drug-likeness (QED) is 0.836. The number of ether oxygens (including phenoxy) is 1. The molecule has 0 unspecified atom stereocenters. The smallest absolute Gasteiger partial charge is 0.380 e. The van der Waals surface area contributed by atoms with Crippen LogP contribution in [0.25, 0.3) is 0 Å². The highest BCUT2D eigenvalue weighted by Gasteiger charge is 2.34. The van der Waals surface area contributed by atoms with Crippen molar-refractivity contribution in [2.75, 3.05) is 7.11 Å². The minimum Gasteiger partial charge on any atom is -0.380 e. The van der Waals surface area contributed by atoms with Crippen molar-refractivity contribution in [1.29, 1.82) is 0 Å². The third kappa shape index (κ3) is 2.94. The molecule has 7 heteroatoms. The molecule has 1 aromatic rings. The van der Waals surface area contributed by atoms with E-state index in [1.807, 2.05) is 0 Å². The molecular formula is C10H9F4NO2. The van der Waals surface area contributed by atoms with Gasteiger partial charge in [-0.05, 0) is 17.7 Å². The van der Waals surface area contributed by atoms with Crippen LogP contribution in [0.15, 0.2) is 12.1 Å². The summed E-state index contributed by atoms with van der Waals surface area (Å²) in [4.78, 5) is 10.8. The highest BCUT2D eigenvalue weighted by molar-refractivity contribution is 5.93. The van der Waals surface area contributed by atoms with Gasteiger partial charge in [0.2, 0.25) is 0 Å². The molecule has 0 aromatic heterocycles. The van der Waals surface area contributed by atoms with Crippen molar-refractivity contribution in [1.82, 2.24) is 0 Å². The number of hydrogen-bond donors (Lipinski definition) is 1. The molecule has 0 fully saturated rings. The maximum Gasteiger partial charge on any atom is 0.416 e. The Morgan fingerprint density at radius 2 is 2.00 bits per heavy atom. The van der Waals surface area contributed by atoms with Crippen molar-refractivity contribution in [2.45, 2.75) is 12.8 Å². The van der Waals surface area contributed by atoms with Gasteiger partial charge in [0.25, 0.3) is 5.91 Å². The van der Waals surface area contributed by atoms with Gasteiger partial charge in [0.15, 0.2) is 0 Å². The first-order chi connectivity index (χ1) is 7.77. The summed E-state index contributed by atoms with van der Waals surface area (Å²) in [6, 6.07) is 0.998. The van der Waals surface area contributed by atoms with Gasteiger partial charge in [-0.15, -0.1) is 0 Å². The van der Waals surface area contributed by atoms with Gasteiger partial charge in [0.05, 0.1) is 17.7 Å². The van der Waals surface area contributed by atoms with Crippen molar-refractivity contribution in [2.24, 2.45) is 5.73 Å². The van der Waals surface area contributed by atoms with Gasteiger partial charge in [0.1, 0.15) is 5.82 Å². The van der Waals surface area contributed by atoms with Gasteiger partial charge in [-0.2, -0.15) is 13.2 Å². The van der Waals surface area contributed by atoms with Crippen LogP contribution >= 0.6 is 0 Å². The number of carbonyl (C=O) groups is 1. The SMILES string of the molecule is COCc1cc(C(N)=O)c(F)cc1C(F)(F)F. The number of amides is 1. The fraction of sp³-hybridized carbons (Fsp3) is 0.300. The molecule has 3 nitrogen and oxygen atoms in total. The van der Waals surface area contributed by atoms with E-state index in [0.29, 0.717) is 0 Å². The van der Waals surface area contributed by atoms with E-state index in [4.69, 9.17) is 5.73 Å². The van der Waals surface area contributed by atoms with Gasteiger partial charge >= 0.3 is 6.18 Å². The Bertz CT molecular complexity index is 443. The van der Waals surface area contributed by atoms with Crippen molar-refractivity contribution < 1.29 is 27.1 Å². The van der Waals surface area contributed by atoms with Crippen molar-refractivity contribution in [3.63, 3.8) is 0 Å². The molecule has 0 bridgehead atoms. The van der Waals surface area contributed by atoms with Crippen LogP contribution in [0.1, 0.15) is 21.5 Å². The van der Waals surface area contributed by atoms with Gasteiger partial charge in [0, 0.05) is 7.11 Å². The minimum atomic E-state index is -4.72. The number of benzene rings is 1. The average Bonchev–Trinajstić information content (AvgIpc) is 2.18. The molecule has 2 N–H and O–H groups in total. The first-order valence-corrected chi connectivity index (χ1v) is 4.45. The lowest BCUT2D eigenvalue weighted by Gasteiger charge is -2.13. The molecule has 0 radical (unpaired) electrons. The van der Waals surface area contributed by atoms with E-state index in [9.17, 15) is 22.4 Å². The third-order valence-electron chi connectivity index (χ3n) is 2.06. The van der Waals surface area contributed by atoms with Crippen LogP contribution in [0.4, 0.5) is 17.6 Å². The molecule has 1 amide bonds. The summed E-state index contributed by atoms with van der Waals surface area (Å²) < 4.78 is 55.4. The molecule has 1 aromatic carbocycles. The largest absolute Gasteiger partial charge is 0.416 e. The van der Waals surface area contributed by atoms with Gasteiger partial charge < -0.3 is 10.5 Å². The van der Waals surface area contributed by atoms with Gasteiger partial charge in [-0.1, -0.05) is 0 Å². The van der Waals surface area contributed by atoms with Crippen LogP contribution in [0.2, 0.25) is 0 Å². The molecule has 0 aliphatic rings. The van der Waals surface area contributed by atoms with Crippen LogP contribution in [0, 0.1) is 5.82 Å². The summed E-state index contributed by atoms with van der Waals surface area (Å²) in [6.45, 7) is -0.393. The third-order valence-corrected chi connectivity index (χ3v) is 2.06. The summed E-state index contributed by atoms with van der Waals surface area (Å²) in [5.41, 5.74) is 2.73. The first kappa shape index (κ1) is 13.4. The molecule has 0 atom stereocenters. The Labute approximate surface area is 94.2 Å². The molecule has 94 valence electrons. The first-order valence-electron chi connectivity index (χ1n) is 4.45. The Kier molecular flexibility index (Phi) is 3.72. The fourth-order valence-electron chi connectivity index (χ4n) is 1.35. The Hall–Kier alpha value is -1.63. The Morgan fingerprint density at radius 3 is 2.41 bits per heavy atom. The topological polar surface area (TPSA) is 52.3 Å². The molecule has 0 heterocycles. The van der Waals surface area contributed by atoms with Gasteiger partial charge in [-0.25, -0.2) is 4.39 Å². The Balaban J connectivity index is 3.41. The second kappa shape index (κ2) is 4.70. The summed E-state index contributed by atoms with van der Waals surface area (Å²) in [7, 11) is 1.19. The zero-order chi connectivity index (χ0) is 13.2. The molecule has 17 heavy (non-hydrogen) atoms. The fourth-order valence-corrected chi connectivity index (χ4v) is 1.35. The van der Waals surface area contributed by atoms with E-state index in [1.165, 1.54) is 7.11 Å². The minimum absolute atomic E-state index is 0.244. The molecule has 0 spiro atoms. The maximum atomic E-state index is 13.2. The van der Waals surface area contributed by atoms with Crippen LogP contribution in [-0.4, -0.2) is 13.0 Å². The summed E-state index contributed by atoms with van der Waals surface area (Å²) in [6.07, 6.45) is -4.72. The molecule has 1 rings (SSSR count). The number of nitrogens with two attached hydrogens (primary N) is 1. The predicted octanol–water partition coefficient (Wildman–Crippen LogP) is 2.09. The predicted molar refractivity (Wildman–Crippen MR) is 50.6 cm³/mol. The van der Waals surface area contributed by atoms with Crippen molar-refractivity contribution >= 4 is 5.91 Å². The van der Waals surface area contributed by atoms with Crippen molar-refractivity contribution in [3.05, 3.63) is 34.6 Å². The number of methoxy groups -OCH3 is 1. The lowest BCUT2D eigenvalue weighted by molar-refractivity contribution is -0.139. The standard InChI is InChI=1S/C10H9F4NO2/c1-17-4-5-2-6(9(15)16)8(11)3-7(5)10(12,13)14/h2-3H,4H2,1H3,(H2,15,16). The van der Waals surface area contributed by atoms with Crippen LogP contribution in [0.5, 0.6) is 0 Å². The lowest BCUT2D eigenvalue weighted by Crippen LogP contribution is -2.17. The number of alkyl halides is 3. The van der Waals surface area contributed by atoms with E-state index < -0.39 is 35.6 Å².